The minimum Gasteiger partial charge on any atom is -0.378 e. The Morgan fingerprint density at radius 1 is 1.12 bits per heavy atom. The van der Waals surface area contributed by atoms with Crippen LogP contribution in [0, 0.1) is 0 Å². The predicted molar refractivity (Wildman–Crippen MR) is 97.2 cm³/mol. The molecule has 138 valence electrons. The standard InChI is InChI=1S/C18H34N4O2/c1-22(2)17(23)14-20-18(21-15-8-4-3-5-9-15)19-12-11-16-10-6-7-13-24-16/h15-16H,3-14H2,1-2H3,(H2,19,20,21). The molecule has 1 aliphatic heterocycles. The lowest BCUT2D eigenvalue weighted by atomic mass is 9.96. The Balaban J connectivity index is 1.80. The first-order valence-corrected chi connectivity index (χ1v) is 9.52. The van der Waals surface area contributed by atoms with E-state index in [4.69, 9.17) is 4.74 Å². The van der Waals surface area contributed by atoms with Crippen molar-refractivity contribution in [1.29, 1.82) is 0 Å². The van der Waals surface area contributed by atoms with E-state index in [-0.39, 0.29) is 12.5 Å². The molecule has 0 aromatic carbocycles. The molecule has 0 bridgehead atoms. The topological polar surface area (TPSA) is 66.0 Å². The number of amides is 1. The van der Waals surface area contributed by atoms with Gasteiger partial charge in [-0.05, 0) is 38.5 Å². The SMILES string of the molecule is CN(C)C(=O)CN=C(NCCC1CCCCO1)NC1CCCCC1. The van der Waals surface area contributed by atoms with Crippen molar-refractivity contribution in [3.63, 3.8) is 0 Å². The van der Waals surface area contributed by atoms with Gasteiger partial charge in [0.2, 0.25) is 5.91 Å². The van der Waals surface area contributed by atoms with E-state index in [0.717, 1.165) is 32.0 Å². The van der Waals surface area contributed by atoms with E-state index in [0.29, 0.717) is 12.1 Å². The van der Waals surface area contributed by atoms with Crippen LogP contribution in [0.3, 0.4) is 0 Å². The summed E-state index contributed by atoms with van der Waals surface area (Å²) in [6.45, 7) is 1.91. The Morgan fingerprint density at radius 3 is 2.54 bits per heavy atom. The van der Waals surface area contributed by atoms with E-state index in [1.54, 1.807) is 19.0 Å². The molecule has 2 rings (SSSR count). The van der Waals surface area contributed by atoms with Crippen LogP contribution < -0.4 is 10.6 Å². The van der Waals surface area contributed by atoms with Crippen molar-refractivity contribution in [2.45, 2.75) is 69.9 Å². The van der Waals surface area contributed by atoms with E-state index < -0.39 is 0 Å². The van der Waals surface area contributed by atoms with Crippen LogP contribution in [0.25, 0.3) is 0 Å². The van der Waals surface area contributed by atoms with Gasteiger partial charge in [-0.15, -0.1) is 0 Å². The van der Waals surface area contributed by atoms with Crippen LogP contribution in [0.1, 0.15) is 57.8 Å². The highest BCUT2D eigenvalue weighted by atomic mass is 16.5. The Hall–Kier alpha value is -1.30. The number of carbonyl (C=O) groups excluding carboxylic acids is 1. The molecular weight excluding hydrogens is 304 g/mol. The second kappa shape index (κ2) is 10.5. The molecule has 6 heteroatoms. The quantitative estimate of drug-likeness (QED) is 0.573. The summed E-state index contributed by atoms with van der Waals surface area (Å²) in [7, 11) is 3.53. The molecule has 0 aromatic rings. The molecule has 24 heavy (non-hydrogen) atoms. The van der Waals surface area contributed by atoms with Crippen molar-refractivity contribution in [2.24, 2.45) is 4.99 Å². The molecule has 1 amide bonds. The molecule has 0 spiro atoms. The first-order valence-electron chi connectivity index (χ1n) is 9.52. The maximum absolute atomic E-state index is 11.8. The summed E-state index contributed by atoms with van der Waals surface area (Å²) in [5.41, 5.74) is 0. The van der Waals surface area contributed by atoms with E-state index in [1.807, 2.05) is 0 Å². The molecule has 0 radical (unpaired) electrons. The predicted octanol–water partition coefficient (Wildman–Crippen LogP) is 1.90. The number of nitrogens with zero attached hydrogens (tertiary/aromatic N) is 2. The Kier molecular flexibility index (Phi) is 8.36. The zero-order valence-electron chi connectivity index (χ0n) is 15.4. The van der Waals surface area contributed by atoms with Gasteiger partial charge in [0.05, 0.1) is 6.10 Å². The zero-order chi connectivity index (χ0) is 17.2. The van der Waals surface area contributed by atoms with E-state index in [2.05, 4.69) is 15.6 Å². The Bertz CT molecular complexity index is 400. The van der Waals surface area contributed by atoms with Gasteiger partial charge in [-0.3, -0.25) is 4.79 Å². The van der Waals surface area contributed by atoms with Crippen molar-refractivity contribution in [1.82, 2.24) is 15.5 Å². The van der Waals surface area contributed by atoms with Crippen LogP contribution in [0.15, 0.2) is 4.99 Å². The molecule has 2 fully saturated rings. The van der Waals surface area contributed by atoms with Crippen LogP contribution >= 0.6 is 0 Å². The van der Waals surface area contributed by atoms with E-state index in [1.165, 1.54) is 44.9 Å². The molecule has 1 unspecified atom stereocenters. The number of likely N-dealkylation sites (N-methyl/N-ethyl adjacent to an activating group) is 1. The average Bonchev–Trinajstić information content (AvgIpc) is 2.61. The number of aliphatic imine (C=N–C) groups is 1. The van der Waals surface area contributed by atoms with Crippen LogP contribution in [0.5, 0.6) is 0 Å². The molecular formula is C18H34N4O2. The summed E-state index contributed by atoms with van der Waals surface area (Å²) in [5, 5.41) is 6.91. The fourth-order valence-corrected chi connectivity index (χ4v) is 3.27. The zero-order valence-corrected chi connectivity index (χ0v) is 15.4. The number of hydrogen-bond donors (Lipinski definition) is 2. The van der Waals surface area contributed by atoms with Gasteiger partial charge in [-0.1, -0.05) is 19.3 Å². The third-order valence-electron chi connectivity index (χ3n) is 4.85. The van der Waals surface area contributed by atoms with Crippen molar-refractivity contribution in [3.05, 3.63) is 0 Å². The Labute approximate surface area is 146 Å². The second-order valence-corrected chi connectivity index (χ2v) is 7.14. The van der Waals surface area contributed by atoms with Crippen LogP contribution in [0.4, 0.5) is 0 Å². The number of nitrogens with one attached hydrogen (secondary N) is 2. The number of ether oxygens (including phenoxy) is 1. The fourth-order valence-electron chi connectivity index (χ4n) is 3.27. The first-order chi connectivity index (χ1) is 11.6. The lowest BCUT2D eigenvalue weighted by Gasteiger charge is -2.26. The van der Waals surface area contributed by atoms with Gasteiger partial charge in [0.15, 0.2) is 5.96 Å². The minimum atomic E-state index is 0.0235. The second-order valence-electron chi connectivity index (χ2n) is 7.14. The molecule has 1 aliphatic carbocycles. The number of rotatable bonds is 6. The van der Waals surface area contributed by atoms with Crippen molar-refractivity contribution >= 4 is 11.9 Å². The number of guanidine groups is 1. The molecule has 0 aromatic heterocycles. The molecule has 2 aliphatic rings. The van der Waals surface area contributed by atoms with E-state index >= 15 is 0 Å². The van der Waals surface area contributed by atoms with Crippen LogP contribution in [0.2, 0.25) is 0 Å². The molecule has 2 N–H and O–H groups in total. The van der Waals surface area contributed by atoms with Crippen LogP contribution in [-0.2, 0) is 9.53 Å². The largest absolute Gasteiger partial charge is 0.378 e. The van der Waals surface area contributed by atoms with Gasteiger partial charge in [-0.2, -0.15) is 0 Å². The highest BCUT2D eigenvalue weighted by Gasteiger charge is 2.16. The molecule has 1 atom stereocenters. The average molecular weight is 338 g/mol. The van der Waals surface area contributed by atoms with Gasteiger partial charge in [0.1, 0.15) is 6.54 Å². The maximum atomic E-state index is 11.8. The van der Waals surface area contributed by atoms with Gasteiger partial charge < -0.3 is 20.3 Å². The summed E-state index contributed by atoms with van der Waals surface area (Å²) >= 11 is 0. The summed E-state index contributed by atoms with van der Waals surface area (Å²) in [4.78, 5) is 17.9. The third kappa shape index (κ3) is 7.07. The van der Waals surface area contributed by atoms with Crippen molar-refractivity contribution in [2.75, 3.05) is 33.8 Å². The molecule has 6 nitrogen and oxygen atoms in total. The highest BCUT2D eigenvalue weighted by molar-refractivity contribution is 5.84. The van der Waals surface area contributed by atoms with Crippen molar-refractivity contribution < 1.29 is 9.53 Å². The summed E-state index contributed by atoms with van der Waals surface area (Å²) in [6, 6.07) is 0.477. The summed E-state index contributed by atoms with van der Waals surface area (Å²) in [6.07, 6.45) is 11.2. The normalized spacial score (nSPS) is 22.9. The van der Waals surface area contributed by atoms with Crippen LogP contribution in [-0.4, -0.2) is 62.7 Å². The molecule has 1 saturated heterocycles. The first kappa shape index (κ1) is 19.0. The number of carbonyl (C=O) groups is 1. The highest BCUT2D eigenvalue weighted by Crippen LogP contribution is 2.17. The minimum absolute atomic E-state index is 0.0235. The fraction of sp³-hybridized carbons (Fsp3) is 0.889. The van der Waals surface area contributed by atoms with Crippen molar-refractivity contribution in [3.8, 4) is 0 Å². The van der Waals surface area contributed by atoms with Gasteiger partial charge in [-0.25, -0.2) is 4.99 Å². The third-order valence-corrected chi connectivity index (χ3v) is 4.85. The van der Waals surface area contributed by atoms with Gasteiger partial charge >= 0.3 is 0 Å². The summed E-state index contributed by atoms with van der Waals surface area (Å²) < 4.78 is 5.78. The molecule has 1 heterocycles. The number of hydrogen-bond acceptors (Lipinski definition) is 3. The lowest BCUT2D eigenvalue weighted by molar-refractivity contribution is -0.127. The monoisotopic (exact) mass is 338 g/mol. The maximum Gasteiger partial charge on any atom is 0.243 e. The van der Waals surface area contributed by atoms with Gasteiger partial charge in [0.25, 0.3) is 0 Å². The van der Waals surface area contributed by atoms with Gasteiger partial charge in [0, 0.05) is 33.3 Å². The Morgan fingerprint density at radius 2 is 1.88 bits per heavy atom. The smallest absolute Gasteiger partial charge is 0.243 e. The molecule has 1 saturated carbocycles. The van der Waals surface area contributed by atoms with E-state index in [9.17, 15) is 4.79 Å². The summed E-state index contributed by atoms with van der Waals surface area (Å²) in [5.74, 6) is 0.795. The lowest BCUT2D eigenvalue weighted by Crippen LogP contribution is -2.45.